The molecule has 1 aromatic carbocycles. The summed E-state index contributed by atoms with van der Waals surface area (Å²) in [6.07, 6.45) is 1.59. The van der Waals surface area contributed by atoms with E-state index < -0.39 is 0 Å². The van der Waals surface area contributed by atoms with Crippen molar-refractivity contribution in [2.24, 2.45) is 11.7 Å². The number of benzene rings is 1. The highest BCUT2D eigenvalue weighted by atomic mass is 35.5. The number of nitrogens with two attached hydrogens (primary N) is 1. The highest BCUT2D eigenvalue weighted by Gasteiger charge is 2.28. The third-order valence-electron chi connectivity index (χ3n) is 4.42. The molecule has 126 valence electrons. The normalized spacial score (nSPS) is 18.7. The zero-order valence-corrected chi connectivity index (χ0v) is 14.4. The van der Waals surface area contributed by atoms with Crippen molar-refractivity contribution in [3.8, 4) is 0 Å². The van der Waals surface area contributed by atoms with Gasteiger partial charge in [0, 0.05) is 23.7 Å². The van der Waals surface area contributed by atoms with Gasteiger partial charge in [-0.3, -0.25) is 14.9 Å². The Morgan fingerprint density at radius 1 is 1.35 bits per heavy atom. The minimum absolute atomic E-state index is 0.00186. The number of carbonyl (C=O) groups excluding carboxylic acids is 2. The van der Waals surface area contributed by atoms with E-state index in [1.54, 1.807) is 4.90 Å². The van der Waals surface area contributed by atoms with Crippen LogP contribution < -0.4 is 11.1 Å². The molecule has 1 saturated heterocycles. The van der Waals surface area contributed by atoms with E-state index >= 15 is 0 Å². The van der Waals surface area contributed by atoms with E-state index in [4.69, 9.17) is 17.3 Å². The van der Waals surface area contributed by atoms with Crippen LogP contribution in [0.1, 0.15) is 32.3 Å². The first-order valence-corrected chi connectivity index (χ1v) is 8.25. The predicted octanol–water partition coefficient (Wildman–Crippen LogP) is 1.89. The van der Waals surface area contributed by atoms with Gasteiger partial charge in [-0.2, -0.15) is 0 Å². The van der Waals surface area contributed by atoms with Crippen LogP contribution in [-0.2, 0) is 15.1 Å². The van der Waals surface area contributed by atoms with Crippen LogP contribution in [0, 0.1) is 5.92 Å². The predicted molar refractivity (Wildman–Crippen MR) is 91.0 cm³/mol. The third kappa shape index (κ3) is 4.69. The zero-order valence-electron chi connectivity index (χ0n) is 13.6. The monoisotopic (exact) mass is 337 g/mol. The number of primary amides is 1. The van der Waals surface area contributed by atoms with Crippen LogP contribution >= 0.6 is 11.6 Å². The molecular formula is C17H24ClN3O2. The summed E-state index contributed by atoms with van der Waals surface area (Å²) in [5.41, 5.74) is 6.07. The van der Waals surface area contributed by atoms with Gasteiger partial charge in [-0.1, -0.05) is 23.7 Å². The van der Waals surface area contributed by atoms with E-state index in [0.29, 0.717) is 18.1 Å². The smallest absolute Gasteiger partial charge is 0.236 e. The molecule has 1 aromatic rings. The van der Waals surface area contributed by atoms with Crippen LogP contribution in [0.2, 0.25) is 5.02 Å². The van der Waals surface area contributed by atoms with Gasteiger partial charge in [0.05, 0.1) is 12.5 Å². The Bertz CT molecular complexity index is 572. The van der Waals surface area contributed by atoms with Crippen LogP contribution in [0.25, 0.3) is 0 Å². The van der Waals surface area contributed by atoms with Gasteiger partial charge in [-0.15, -0.1) is 0 Å². The summed E-state index contributed by atoms with van der Waals surface area (Å²) in [6, 6.07) is 7.57. The number of nitrogens with zero attached hydrogens (tertiary/aromatic N) is 1. The van der Waals surface area contributed by atoms with Gasteiger partial charge < -0.3 is 10.6 Å². The van der Waals surface area contributed by atoms with Gasteiger partial charge in [0.1, 0.15) is 0 Å². The van der Waals surface area contributed by atoms with E-state index in [0.717, 1.165) is 18.4 Å². The SMILES string of the molecule is CC(C)(NCC(=O)N1CCC[C@@H](C(N)=O)C1)c1ccc(Cl)cc1. The minimum atomic E-state index is -0.348. The maximum Gasteiger partial charge on any atom is 0.236 e. The van der Waals surface area contributed by atoms with Gasteiger partial charge in [0.25, 0.3) is 0 Å². The van der Waals surface area contributed by atoms with Crippen LogP contribution in [0.4, 0.5) is 0 Å². The van der Waals surface area contributed by atoms with Crippen molar-refractivity contribution in [1.82, 2.24) is 10.2 Å². The maximum absolute atomic E-state index is 12.4. The lowest BCUT2D eigenvalue weighted by molar-refractivity contribution is -0.134. The Labute approximate surface area is 142 Å². The molecule has 5 nitrogen and oxygen atoms in total. The molecule has 0 saturated carbocycles. The summed E-state index contributed by atoms with van der Waals surface area (Å²) in [5, 5.41) is 3.97. The Hall–Kier alpha value is -1.59. The minimum Gasteiger partial charge on any atom is -0.369 e. The summed E-state index contributed by atoms with van der Waals surface area (Å²) >= 11 is 5.91. The molecule has 2 rings (SSSR count). The largest absolute Gasteiger partial charge is 0.369 e. The van der Waals surface area contributed by atoms with E-state index in [1.165, 1.54) is 0 Å². The topological polar surface area (TPSA) is 75.4 Å². The first-order valence-electron chi connectivity index (χ1n) is 7.88. The summed E-state index contributed by atoms with van der Waals surface area (Å²) in [5.74, 6) is -0.549. The molecule has 1 atom stereocenters. The number of rotatable bonds is 5. The molecule has 0 spiro atoms. The fourth-order valence-corrected chi connectivity index (χ4v) is 2.94. The number of nitrogens with one attached hydrogen (secondary N) is 1. The highest BCUT2D eigenvalue weighted by molar-refractivity contribution is 6.30. The molecule has 6 heteroatoms. The number of hydrogen-bond acceptors (Lipinski definition) is 3. The number of halogens is 1. The molecule has 0 bridgehead atoms. The van der Waals surface area contributed by atoms with Crippen molar-refractivity contribution < 1.29 is 9.59 Å². The quantitative estimate of drug-likeness (QED) is 0.861. The number of piperidine rings is 1. The average molecular weight is 338 g/mol. The maximum atomic E-state index is 12.4. The lowest BCUT2D eigenvalue weighted by Crippen LogP contribution is -2.49. The first kappa shape index (κ1) is 17.8. The second-order valence-corrected chi connectivity index (χ2v) is 7.00. The Morgan fingerprint density at radius 2 is 2.00 bits per heavy atom. The summed E-state index contributed by atoms with van der Waals surface area (Å²) < 4.78 is 0. The lowest BCUT2D eigenvalue weighted by Gasteiger charge is -2.33. The van der Waals surface area contributed by atoms with Gasteiger partial charge in [0.15, 0.2) is 0 Å². The molecule has 1 aliphatic heterocycles. The van der Waals surface area contributed by atoms with Crippen LogP contribution in [-0.4, -0.2) is 36.3 Å². The van der Waals surface area contributed by atoms with E-state index in [2.05, 4.69) is 5.32 Å². The van der Waals surface area contributed by atoms with Crippen LogP contribution in [0.5, 0.6) is 0 Å². The summed E-state index contributed by atoms with van der Waals surface area (Å²) in [7, 11) is 0. The molecule has 3 N–H and O–H groups in total. The molecule has 1 fully saturated rings. The lowest BCUT2D eigenvalue weighted by atomic mass is 9.94. The molecular weight excluding hydrogens is 314 g/mol. The first-order chi connectivity index (χ1) is 10.8. The summed E-state index contributed by atoms with van der Waals surface area (Å²) in [6.45, 7) is 5.38. The molecule has 2 amide bonds. The van der Waals surface area contributed by atoms with E-state index in [1.807, 2.05) is 38.1 Å². The number of likely N-dealkylation sites (tertiary alicyclic amines) is 1. The molecule has 1 aliphatic rings. The number of hydrogen-bond donors (Lipinski definition) is 2. The molecule has 0 unspecified atom stereocenters. The van der Waals surface area contributed by atoms with Gasteiger partial charge >= 0.3 is 0 Å². The van der Waals surface area contributed by atoms with Crippen LogP contribution in [0.3, 0.4) is 0 Å². The number of amides is 2. The van der Waals surface area contributed by atoms with Crippen molar-refractivity contribution in [3.05, 3.63) is 34.9 Å². The van der Waals surface area contributed by atoms with Gasteiger partial charge in [0.2, 0.25) is 11.8 Å². The van der Waals surface area contributed by atoms with Gasteiger partial charge in [-0.25, -0.2) is 0 Å². The average Bonchev–Trinajstić information content (AvgIpc) is 2.53. The molecule has 0 radical (unpaired) electrons. The van der Waals surface area contributed by atoms with Crippen molar-refractivity contribution in [3.63, 3.8) is 0 Å². The third-order valence-corrected chi connectivity index (χ3v) is 4.68. The molecule has 0 aliphatic carbocycles. The van der Waals surface area contributed by atoms with Crippen molar-refractivity contribution in [2.75, 3.05) is 19.6 Å². The fourth-order valence-electron chi connectivity index (χ4n) is 2.81. The second-order valence-electron chi connectivity index (χ2n) is 6.57. The van der Waals surface area contributed by atoms with E-state index in [9.17, 15) is 9.59 Å². The summed E-state index contributed by atoms with van der Waals surface area (Å²) in [4.78, 5) is 25.4. The van der Waals surface area contributed by atoms with E-state index in [-0.39, 0.29) is 29.8 Å². The highest BCUT2D eigenvalue weighted by Crippen LogP contribution is 2.22. The molecule has 23 heavy (non-hydrogen) atoms. The van der Waals surface area contributed by atoms with Crippen molar-refractivity contribution in [1.29, 1.82) is 0 Å². The van der Waals surface area contributed by atoms with Crippen molar-refractivity contribution in [2.45, 2.75) is 32.2 Å². The zero-order chi connectivity index (χ0) is 17.0. The Balaban J connectivity index is 1.92. The standard InChI is InChI=1S/C17H24ClN3O2/c1-17(2,13-5-7-14(18)8-6-13)20-10-15(22)21-9-3-4-12(11-21)16(19)23/h5-8,12,20H,3-4,9-11H2,1-2H3,(H2,19,23)/t12-/m1/s1. The Kier molecular flexibility index (Phi) is 5.65. The molecule has 0 aromatic heterocycles. The fraction of sp³-hybridized carbons (Fsp3) is 0.529. The van der Waals surface area contributed by atoms with Crippen molar-refractivity contribution >= 4 is 23.4 Å². The Morgan fingerprint density at radius 3 is 2.61 bits per heavy atom. The van der Waals surface area contributed by atoms with Crippen LogP contribution in [0.15, 0.2) is 24.3 Å². The van der Waals surface area contributed by atoms with Gasteiger partial charge in [-0.05, 0) is 44.4 Å². The number of carbonyl (C=O) groups is 2. The second kappa shape index (κ2) is 7.32. The molecule has 1 heterocycles.